The first-order valence-corrected chi connectivity index (χ1v) is 7.16. The lowest BCUT2D eigenvalue weighted by Gasteiger charge is -2.12. The maximum absolute atomic E-state index is 12.0. The highest BCUT2D eigenvalue weighted by Crippen LogP contribution is 2.23. The first-order chi connectivity index (χ1) is 10.8. The molecule has 0 heterocycles. The SMILES string of the molecule is O=C(COC(=O)c1ccc(OC(F)(F)F)cc1)NC1CCCC1. The van der Waals surface area contributed by atoms with Gasteiger partial charge in [0.15, 0.2) is 6.61 Å². The minimum absolute atomic E-state index is 0.0354. The zero-order valence-electron chi connectivity index (χ0n) is 12.2. The van der Waals surface area contributed by atoms with Crippen LogP contribution in [0.2, 0.25) is 0 Å². The Morgan fingerprint density at radius 2 is 1.74 bits per heavy atom. The molecule has 2 rings (SSSR count). The van der Waals surface area contributed by atoms with Gasteiger partial charge >= 0.3 is 12.3 Å². The van der Waals surface area contributed by atoms with E-state index in [9.17, 15) is 22.8 Å². The lowest BCUT2D eigenvalue weighted by atomic mass is 10.2. The van der Waals surface area contributed by atoms with Crippen molar-refractivity contribution in [1.29, 1.82) is 0 Å². The van der Waals surface area contributed by atoms with Crippen LogP contribution >= 0.6 is 0 Å². The van der Waals surface area contributed by atoms with Crippen molar-refractivity contribution in [1.82, 2.24) is 5.32 Å². The van der Waals surface area contributed by atoms with Crippen molar-refractivity contribution in [3.05, 3.63) is 29.8 Å². The van der Waals surface area contributed by atoms with E-state index in [2.05, 4.69) is 10.1 Å². The van der Waals surface area contributed by atoms with E-state index in [1.165, 1.54) is 0 Å². The van der Waals surface area contributed by atoms with Gasteiger partial charge in [-0.1, -0.05) is 12.8 Å². The molecule has 1 amide bonds. The monoisotopic (exact) mass is 331 g/mol. The van der Waals surface area contributed by atoms with Crippen molar-refractivity contribution in [3.8, 4) is 5.75 Å². The molecular weight excluding hydrogens is 315 g/mol. The van der Waals surface area contributed by atoms with Gasteiger partial charge in [0.2, 0.25) is 0 Å². The average molecular weight is 331 g/mol. The molecular formula is C15H16F3NO4. The standard InChI is InChI=1S/C15H16F3NO4/c16-15(17,18)23-12-7-5-10(6-8-12)14(21)22-9-13(20)19-11-3-1-2-4-11/h5-8,11H,1-4,9H2,(H,19,20). The molecule has 0 aliphatic heterocycles. The maximum atomic E-state index is 12.0. The lowest BCUT2D eigenvalue weighted by Crippen LogP contribution is -2.35. The van der Waals surface area contributed by atoms with Gasteiger partial charge < -0.3 is 14.8 Å². The van der Waals surface area contributed by atoms with E-state index >= 15 is 0 Å². The second kappa shape index (κ2) is 7.34. The van der Waals surface area contributed by atoms with Crippen LogP contribution in [0.5, 0.6) is 5.75 Å². The number of benzene rings is 1. The predicted molar refractivity (Wildman–Crippen MR) is 73.8 cm³/mol. The Morgan fingerprint density at radius 3 is 2.30 bits per heavy atom. The van der Waals surface area contributed by atoms with Gasteiger partial charge in [-0.3, -0.25) is 4.79 Å². The van der Waals surface area contributed by atoms with Crippen LogP contribution in [0.25, 0.3) is 0 Å². The van der Waals surface area contributed by atoms with Crippen LogP contribution in [-0.4, -0.2) is 30.9 Å². The summed E-state index contributed by atoms with van der Waals surface area (Å²) in [5.74, 6) is -1.61. The molecule has 0 atom stereocenters. The van der Waals surface area contributed by atoms with Crippen molar-refractivity contribution in [3.63, 3.8) is 0 Å². The number of hydrogen-bond acceptors (Lipinski definition) is 4. The summed E-state index contributed by atoms with van der Waals surface area (Å²) in [5.41, 5.74) is 0.0354. The van der Waals surface area contributed by atoms with Gasteiger partial charge in [0, 0.05) is 6.04 Å². The Hall–Kier alpha value is -2.25. The van der Waals surface area contributed by atoms with Crippen LogP contribution < -0.4 is 10.1 Å². The molecule has 0 spiro atoms. The average Bonchev–Trinajstić information content (AvgIpc) is 2.97. The van der Waals surface area contributed by atoms with Crippen molar-refractivity contribution >= 4 is 11.9 Å². The molecule has 1 fully saturated rings. The zero-order valence-corrected chi connectivity index (χ0v) is 12.2. The summed E-state index contributed by atoms with van der Waals surface area (Å²) in [6, 6.07) is 4.40. The molecule has 0 bridgehead atoms. The van der Waals surface area contributed by atoms with Gasteiger partial charge in [0.05, 0.1) is 5.56 Å². The van der Waals surface area contributed by atoms with Crippen molar-refractivity contribution in [2.45, 2.75) is 38.1 Å². The van der Waals surface area contributed by atoms with E-state index in [1.807, 2.05) is 0 Å². The number of alkyl halides is 3. The van der Waals surface area contributed by atoms with E-state index in [0.717, 1.165) is 49.9 Å². The van der Waals surface area contributed by atoms with Gasteiger partial charge in [0.25, 0.3) is 5.91 Å². The van der Waals surface area contributed by atoms with Crippen LogP contribution in [0.3, 0.4) is 0 Å². The molecule has 0 radical (unpaired) electrons. The topological polar surface area (TPSA) is 64.6 Å². The number of carbonyl (C=O) groups excluding carboxylic acids is 2. The van der Waals surface area contributed by atoms with Crippen molar-refractivity contribution in [2.24, 2.45) is 0 Å². The molecule has 0 aromatic heterocycles. The zero-order chi connectivity index (χ0) is 16.9. The number of rotatable bonds is 5. The van der Waals surface area contributed by atoms with E-state index in [4.69, 9.17) is 4.74 Å². The third-order valence-electron chi connectivity index (χ3n) is 3.38. The third kappa shape index (κ3) is 5.80. The Labute approximate surface area is 130 Å². The number of carbonyl (C=O) groups is 2. The summed E-state index contributed by atoms with van der Waals surface area (Å²) in [7, 11) is 0. The lowest BCUT2D eigenvalue weighted by molar-refractivity contribution is -0.274. The van der Waals surface area contributed by atoms with Crippen molar-refractivity contribution < 1.29 is 32.2 Å². The van der Waals surface area contributed by atoms with Gasteiger partial charge in [-0.05, 0) is 37.1 Å². The molecule has 1 saturated carbocycles. The van der Waals surface area contributed by atoms with Crippen molar-refractivity contribution in [2.75, 3.05) is 6.61 Å². The van der Waals surface area contributed by atoms with Crippen LogP contribution in [0, 0.1) is 0 Å². The Bertz CT molecular complexity index is 551. The molecule has 0 unspecified atom stereocenters. The van der Waals surface area contributed by atoms with E-state index in [1.54, 1.807) is 0 Å². The van der Waals surface area contributed by atoms with Gasteiger partial charge in [0.1, 0.15) is 5.75 Å². The quantitative estimate of drug-likeness (QED) is 0.843. The van der Waals surface area contributed by atoms with Gasteiger partial charge in [-0.2, -0.15) is 0 Å². The summed E-state index contributed by atoms with van der Waals surface area (Å²) in [5, 5.41) is 2.76. The first-order valence-electron chi connectivity index (χ1n) is 7.16. The Kier molecular flexibility index (Phi) is 5.46. The number of esters is 1. The van der Waals surface area contributed by atoms with Crippen LogP contribution in [-0.2, 0) is 9.53 Å². The summed E-state index contributed by atoms with van der Waals surface area (Å²) in [6.07, 6.45) is -0.824. The number of amides is 1. The normalized spacial score (nSPS) is 15.3. The Balaban J connectivity index is 1.79. The van der Waals surface area contributed by atoms with Crippen LogP contribution in [0.1, 0.15) is 36.0 Å². The molecule has 5 nitrogen and oxygen atoms in total. The molecule has 1 N–H and O–H groups in total. The number of ether oxygens (including phenoxy) is 2. The Morgan fingerprint density at radius 1 is 1.13 bits per heavy atom. The minimum atomic E-state index is -4.79. The summed E-state index contributed by atoms with van der Waals surface area (Å²) in [6.45, 7) is -0.421. The molecule has 1 aromatic carbocycles. The maximum Gasteiger partial charge on any atom is 0.573 e. The van der Waals surface area contributed by atoms with E-state index in [0.29, 0.717) is 0 Å². The molecule has 23 heavy (non-hydrogen) atoms. The molecule has 126 valence electrons. The number of halogens is 3. The second-order valence-corrected chi connectivity index (χ2v) is 5.20. The number of nitrogens with one attached hydrogen (secondary N) is 1. The fourth-order valence-electron chi connectivity index (χ4n) is 2.35. The molecule has 1 aliphatic carbocycles. The first kappa shape index (κ1) is 17.1. The van der Waals surface area contributed by atoms with E-state index in [-0.39, 0.29) is 17.5 Å². The van der Waals surface area contributed by atoms with E-state index < -0.39 is 24.7 Å². The summed E-state index contributed by atoms with van der Waals surface area (Å²) < 4.78 is 44.6. The van der Waals surface area contributed by atoms with Gasteiger partial charge in [-0.15, -0.1) is 13.2 Å². The molecule has 1 aromatic rings. The summed E-state index contributed by atoms with van der Waals surface area (Å²) in [4.78, 5) is 23.3. The fourth-order valence-corrected chi connectivity index (χ4v) is 2.35. The minimum Gasteiger partial charge on any atom is -0.452 e. The predicted octanol–water partition coefficient (Wildman–Crippen LogP) is 2.80. The highest BCUT2D eigenvalue weighted by atomic mass is 19.4. The highest BCUT2D eigenvalue weighted by Gasteiger charge is 2.31. The highest BCUT2D eigenvalue weighted by molar-refractivity contribution is 5.91. The summed E-state index contributed by atoms with van der Waals surface area (Å²) >= 11 is 0. The van der Waals surface area contributed by atoms with Crippen LogP contribution in [0.15, 0.2) is 24.3 Å². The third-order valence-corrected chi connectivity index (χ3v) is 3.38. The fraction of sp³-hybridized carbons (Fsp3) is 0.467. The molecule has 8 heteroatoms. The smallest absolute Gasteiger partial charge is 0.452 e. The largest absolute Gasteiger partial charge is 0.573 e. The second-order valence-electron chi connectivity index (χ2n) is 5.20. The molecule has 0 saturated heterocycles. The molecule has 1 aliphatic rings. The van der Waals surface area contributed by atoms with Gasteiger partial charge in [-0.25, -0.2) is 4.79 Å². The number of hydrogen-bond donors (Lipinski definition) is 1. The van der Waals surface area contributed by atoms with Crippen LogP contribution in [0.4, 0.5) is 13.2 Å².